The molecule has 5 nitrogen and oxygen atoms in total. The van der Waals surface area contributed by atoms with Gasteiger partial charge in [-0.15, -0.1) is 0 Å². The van der Waals surface area contributed by atoms with Crippen LogP contribution in [0.4, 0.5) is 5.00 Å². The van der Waals surface area contributed by atoms with Crippen molar-refractivity contribution in [1.82, 2.24) is 4.37 Å². The van der Waals surface area contributed by atoms with Crippen LogP contribution in [0.5, 0.6) is 0 Å². The lowest BCUT2D eigenvalue weighted by atomic mass is 10.2. The second kappa shape index (κ2) is 6.44. The summed E-state index contributed by atoms with van der Waals surface area (Å²) in [5.74, 6) is -0.327. The van der Waals surface area contributed by atoms with Crippen molar-refractivity contribution in [2.45, 2.75) is 13.3 Å². The van der Waals surface area contributed by atoms with Crippen molar-refractivity contribution in [2.24, 2.45) is 0 Å². The van der Waals surface area contributed by atoms with E-state index in [0.717, 1.165) is 5.00 Å². The highest BCUT2D eigenvalue weighted by atomic mass is 32.1. The largest absolute Gasteiger partial charge is 0.462 e. The van der Waals surface area contributed by atoms with Crippen LogP contribution in [0.1, 0.15) is 22.5 Å². The maximum absolute atomic E-state index is 11.7. The predicted molar refractivity (Wildman–Crippen MR) is 63.2 cm³/mol. The molecule has 0 aliphatic heterocycles. The van der Waals surface area contributed by atoms with Crippen LogP contribution in [0, 0.1) is 6.92 Å². The van der Waals surface area contributed by atoms with Gasteiger partial charge in [0.15, 0.2) is 0 Å². The first-order valence-corrected chi connectivity index (χ1v) is 5.78. The molecule has 0 aliphatic rings. The smallest absolute Gasteiger partial charge is 0.343 e. The van der Waals surface area contributed by atoms with Crippen molar-refractivity contribution in [3.05, 3.63) is 11.3 Å². The summed E-state index contributed by atoms with van der Waals surface area (Å²) in [7, 11) is 3.38. The Kier molecular flexibility index (Phi) is 5.21. The molecule has 0 atom stereocenters. The Bertz CT molecular complexity index is 352. The molecule has 0 amide bonds. The number of ether oxygens (including phenoxy) is 2. The number of methoxy groups -OCH3 is 1. The minimum atomic E-state index is -0.327. The average Bonchev–Trinajstić information content (AvgIpc) is 2.65. The van der Waals surface area contributed by atoms with Crippen LogP contribution in [0.25, 0.3) is 0 Å². The van der Waals surface area contributed by atoms with E-state index < -0.39 is 0 Å². The summed E-state index contributed by atoms with van der Waals surface area (Å²) in [5.41, 5.74) is 1.23. The number of aromatic nitrogens is 1. The standard InChI is InChI=1S/C10H16N2O3S/c1-7-8(9(11-2)16-12-7)10(13)15-6-4-5-14-3/h11H,4-6H2,1-3H3. The fourth-order valence-electron chi connectivity index (χ4n) is 1.22. The summed E-state index contributed by atoms with van der Waals surface area (Å²) in [4.78, 5) is 11.7. The number of carbonyl (C=O) groups excluding carboxylic acids is 1. The maximum Gasteiger partial charge on any atom is 0.343 e. The molecule has 90 valence electrons. The van der Waals surface area contributed by atoms with Crippen molar-refractivity contribution in [2.75, 3.05) is 32.7 Å². The van der Waals surface area contributed by atoms with Crippen LogP contribution in [0.15, 0.2) is 0 Å². The molecule has 1 aromatic heterocycles. The van der Waals surface area contributed by atoms with Gasteiger partial charge in [0.2, 0.25) is 0 Å². The molecule has 1 aromatic rings. The molecule has 1 N–H and O–H groups in total. The molecule has 0 saturated heterocycles. The number of nitrogens with zero attached hydrogens (tertiary/aromatic N) is 1. The van der Waals surface area contributed by atoms with Crippen LogP contribution in [0.2, 0.25) is 0 Å². The van der Waals surface area contributed by atoms with Gasteiger partial charge in [-0.2, -0.15) is 4.37 Å². The fraction of sp³-hybridized carbons (Fsp3) is 0.600. The molecule has 0 bridgehead atoms. The van der Waals surface area contributed by atoms with E-state index in [2.05, 4.69) is 9.69 Å². The zero-order valence-corrected chi connectivity index (χ0v) is 10.5. The van der Waals surface area contributed by atoms with E-state index in [-0.39, 0.29) is 5.97 Å². The first-order valence-electron chi connectivity index (χ1n) is 5.00. The highest BCUT2D eigenvalue weighted by Gasteiger charge is 2.18. The molecular weight excluding hydrogens is 228 g/mol. The van der Waals surface area contributed by atoms with Crippen LogP contribution in [0.3, 0.4) is 0 Å². The topological polar surface area (TPSA) is 60.5 Å². The summed E-state index contributed by atoms with van der Waals surface area (Å²) < 4.78 is 14.1. The van der Waals surface area contributed by atoms with Gasteiger partial charge in [0, 0.05) is 27.2 Å². The fourth-order valence-corrected chi connectivity index (χ4v) is 1.95. The summed E-state index contributed by atoms with van der Waals surface area (Å²) in [6.07, 6.45) is 0.702. The quantitative estimate of drug-likeness (QED) is 0.609. The first kappa shape index (κ1) is 12.9. The minimum absolute atomic E-state index is 0.327. The Morgan fingerprint density at radius 1 is 1.50 bits per heavy atom. The van der Waals surface area contributed by atoms with Gasteiger partial charge in [-0.05, 0) is 18.5 Å². The van der Waals surface area contributed by atoms with E-state index >= 15 is 0 Å². The highest BCUT2D eigenvalue weighted by Crippen LogP contribution is 2.24. The average molecular weight is 244 g/mol. The third-order valence-corrected chi connectivity index (χ3v) is 2.98. The van der Waals surface area contributed by atoms with Crippen molar-refractivity contribution >= 4 is 22.5 Å². The minimum Gasteiger partial charge on any atom is -0.462 e. The van der Waals surface area contributed by atoms with E-state index in [1.54, 1.807) is 21.1 Å². The van der Waals surface area contributed by atoms with Gasteiger partial charge in [-0.1, -0.05) is 0 Å². The van der Waals surface area contributed by atoms with Crippen LogP contribution in [-0.4, -0.2) is 37.7 Å². The molecular formula is C10H16N2O3S. The Morgan fingerprint density at radius 2 is 2.25 bits per heavy atom. The summed E-state index contributed by atoms with van der Waals surface area (Å²) in [6, 6.07) is 0. The lowest BCUT2D eigenvalue weighted by Crippen LogP contribution is -2.10. The third kappa shape index (κ3) is 3.18. The van der Waals surface area contributed by atoms with Crippen LogP contribution >= 0.6 is 11.5 Å². The van der Waals surface area contributed by atoms with Crippen molar-refractivity contribution in [3.8, 4) is 0 Å². The zero-order valence-electron chi connectivity index (χ0n) is 9.70. The summed E-state index contributed by atoms with van der Waals surface area (Å²) >= 11 is 1.26. The molecule has 0 aliphatic carbocycles. The SMILES string of the molecule is CNc1snc(C)c1C(=O)OCCCOC. The number of anilines is 1. The Balaban J connectivity index is 2.55. The van der Waals surface area contributed by atoms with E-state index in [9.17, 15) is 4.79 Å². The molecule has 0 aromatic carbocycles. The number of hydrogen-bond acceptors (Lipinski definition) is 6. The van der Waals surface area contributed by atoms with Gasteiger partial charge < -0.3 is 14.8 Å². The van der Waals surface area contributed by atoms with Gasteiger partial charge in [0.1, 0.15) is 10.6 Å². The third-order valence-electron chi connectivity index (χ3n) is 2.02. The maximum atomic E-state index is 11.7. The second-order valence-corrected chi connectivity index (χ2v) is 3.98. The van der Waals surface area contributed by atoms with Gasteiger partial charge in [-0.25, -0.2) is 4.79 Å². The Labute approximate surface area is 98.9 Å². The predicted octanol–water partition coefficient (Wildman–Crippen LogP) is 1.69. The summed E-state index contributed by atoms with van der Waals surface area (Å²) in [5, 5.41) is 3.67. The molecule has 0 fully saturated rings. The van der Waals surface area contributed by atoms with Crippen LogP contribution < -0.4 is 5.32 Å². The number of aryl methyl sites for hydroxylation is 1. The van der Waals surface area contributed by atoms with E-state index in [4.69, 9.17) is 9.47 Å². The lowest BCUT2D eigenvalue weighted by molar-refractivity contribution is 0.0469. The van der Waals surface area contributed by atoms with Crippen LogP contribution in [-0.2, 0) is 9.47 Å². The number of rotatable bonds is 6. The van der Waals surface area contributed by atoms with Gasteiger partial charge >= 0.3 is 5.97 Å². The molecule has 0 unspecified atom stereocenters. The van der Waals surface area contributed by atoms with Gasteiger partial charge in [0.25, 0.3) is 0 Å². The molecule has 6 heteroatoms. The molecule has 0 radical (unpaired) electrons. The van der Waals surface area contributed by atoms with Crippen molar-refractivity contribution in [3.63, 3.8) is 0 Å². The normalized spacial score (nSPS) is 10.2. The lowest BCUT2D eigenvalue weighted by Gasteiger charge is -2.05. The van der Waals surface area contributed by atoms with E-state index in [1.165, 1.54) is 11.5 Å². The summed E-state index contributed by atoms with van der Waals surface area (Å²) in [6.45, 7) is 2.75. The Hall–Kier alpha value is -1.14. The molecule has 0 spiro atoms. The first-order chi connectivity index (χ1) is 7.70. The number of nitrogens with one attached hydrogen (secondary N) is 1. The van der Waals surface area contributed by atoms with Gasteiger partial charge in [0.05, 0.1) is 12.3 Å². The number of hydrogen-bond donors (Lipinski definition) is 1. The van der Waals surface area contributed by atoms with E-state index in [1.807, 2.05) is 0 Å². The molecule has 1 rings (SSSR count). The van der Waals surface area contributed by atoms with Gasteiger partial charge in [-0.3, -0.25) is 0 Å². The van der Waals surface area contributed by atoms with Crippen molar-refractivity contribution < 1.29 is 14.3 Å². The zero-order chi connectivity index (χ0) is 12.0. The molecule has 1 heterocycles. The second-order valence-electron chi connectivity index (χ2n) is 3.20. The molecule has 0 saturated carbocycles. The number of carbonyl (C=O) groups is 1. The number of esters is 1. The monoisotopic (exact) mass is 244 g/mol. The molecule has 16 heavy (non-hydrogen) atoms. The Morgan fingerprint density at radius 3 is 2.88 bits per heavy atom. The highest BCUT2D eigenvalue weighted by molar-refractivity contribution is 7.10. The van der Waals surface area contributed by atoms with E-state index in [0.29, 0.717) is 30.9 Å². The van der Waals surface area contributed by atoms with Crippen molar-refractivity contribution in [1.29, 1.82) is 0 Å².